The Morgan fingerprint density at radius 1 is 1.12 bits per heavy atom. The Morgan fingerprint density at radius 2 is 1.84 bits per heavy atom. The van der Waals surface area contributed by atoms with Crippen LogP contribution in [0.15, 0.2) is 47.5 Å². The lowest BCUT2D eigenvalue weighted by Gasteiger charge is -2.15. The number of alkyl halides is 3. The monoisotopic (exact) mass is 451 g/mol. The molecule has 7 nitrogen and oxygen atoms in total. The maximum atomic E-state index is 12.8. The van der Waals surface area contributed by atoms with Crippen LogP contribution in [0.2, 0.25) is 0 Å². The Kier molecular flexibility index (Phi) is 7.57. The lowest BCUT2D eigenvalue weighted by Crippen LogP contribution is -2.36. The van der Waals surface area contributed by atoms with E-state index in [0.29, 0.717) is 30.3 Å². The average Bonchev–Trinajstić information content (AvgIpc) is 3.30. The second-order valence-corrected chi connectivity index (χ2v) is 7.05. The van der Waals surface area contributed by atoms with Crippen LogP contribution >= 0.6 is 0 Å². The Labute approximate surface area is 183 Å². The molecule has 1 aliphatic heterocycles. The van der Waals surface area contributed by atoms with Crippen molar-refractivity contribution in [2.75, 3.05) is 32.7 Å². The minimum absolute atomic E-state index is 0.0554. The lowest BCUT2D eigenvalue weighted by molar-refractivity contribution is -0.137. The van der Waals surface area contributed by atoms with Gasteiger partial charge in [-0.1, -0.05) is 0 Å². The number of carbonyl (C=O) groups is 1. The normalized spacial score (nSPS) is 16.5. The molecule has 1 aliphatic rings. The van der Waals surface area contributed by atoms with Crippen LogP contribution in [0.1, 0.15) is 28.8 Å². The van der Waals surface area contributed by atoms with Crippen LogP contribution < -0.4 is 20.1 Å². The van der Waals surface area contributed by atoms with E-state index in [1.807, 2.05) is 0 Å². The van der Waals surface area contributed by atoms with Crippen molar-refractivity contribution in [3.05, 3.63) is 53.6 Å². The molecule has 2 aromatic rings. The second-order valence-electron chi connectivity index (χ2n) is 7.05. The van der Waals surface area contributed by atoms with Gasteiger partial charge in [-0.2, -0.15) is 13.2 Å². The van der Waals surface area contributed by atoms with E-state index in [2.05, 4.69) is 15.6 Å². The van der Waals surface area contributed by atoms with Gasteiger partial charge in [0.25, 0.3) is 5.91 Å². The Bertz CT molecular complexity index is 956. The maximum absolute atomic E-state index is 12.8. The van der Waals surface area contributed by atoms with Gasteiger partial charge < -0.3 is 19.5 Å². The molecule has 3 rings (SSSR count). The summed E-state index contributed by atoms with van der Waals surface area (Å²) in [5.74, 6) is 0.546. The summed E-state index contributed by atoms with van der Waals surface area (Å²) < 4.78 is 54.4. The first-order chi connectivity index (χ1) is 15.3. The predicted molar refractivity (Wildman–Crippen MR) is 113 cm³/mol. The van der Waals surface area contributed by atoms with Crippen molar-refractivity contribution < 1.29 is 32.2 Å². The van der Waals surface area contributed by atoms with Gasteiger partial charge in [0.2, 0.25) is 5.96 Å². The molecule has 0 unspecified atom stereocenters. The van der Waals surface area contributed by atoms with E-state index in [1.54, 1.807) is 18.2 Å². The van der Waals surface area contributed by atoms with Crippen LogP contribution in [0, 0.1) is 0 Å². The molecule has 2 aromatic carbocycles. The number of anilines is 1. The quantitative estimate of drug-likeness (QED) is 0.511. The SMILES string of the molecule is COc1ccc(NC(=NC[C@H]2CCCO2)NC(=O)c2ccc(C(F)(F)F)cc2)cc1OC. The highest BCUT2D eigenvalue weighted by atomic mass is 19.4. The summed E-state index contributed by atoms with van der Waals surface area (Å²) in [5.41, 5.74) is -0.192. The van der Waals surface area contributed by atoms with Crippen molar-refractivity contribution >= 4 is 17.6 Å². The number of benzene rings is 2. The summed E-state index contributed by atoms with van der Waals surface area (Å²) in [6.07, 6.45) is -2.73. The molecule has 0 radical (unpaired) electrons. The number of hydrogen-bond donors (Lipinski definition) is 2. The molecule has 1 saturated heterocycles. The molecule has 32 heavy (non-hydrogen) atoms. The molecule has 1 fully saturated rings. The van der Waals surface area contributed by atoms with Crippen molar-refractivity contribution in [2.45, 2.75) is 25.1 Å². The molecule has 1 atom stereocenters. The summed E-state index contributed by atoms with van der Waals surface area (Å²) in [6.45, 7) is 0.986. The van der Waals surface area contributed by atoms with Gasteiger partial charge in [0, 0.05) is 23.9 Å². The topological polar surface area (TPSA) is 81.2 Å². The number of methoxy groups -OCH3 is 2. The van der Waals surface area contributed by atoms with E-state index in [1.165, 1.54) is 14.2 Å². The van der Waals surface area contributed by atoms with Gasteiger partial charge in [0.1, 0.15) is 0 Å². The molecule has 172 valence electrons. The van der Waals surface area contributed by atoms with E-state index in [9.17, 15) is 18.0 Å². The number of nitrogens with one attached hydrogen (secondary N) is 2. The van der Waals surface area contributed by atoms with Crippen molar-refractivity contribution in [3.8, 4) is 11.5 Å². The van der Waals surface area contributed by atoms with Gasteiger partial charge in [-0.15, -0.1) is 0 Å². The van der Waals surface area contributed by atoms with E-state index in [0.717, 1.165) is 37.1 Å². The van der Waals surface area contributed by atoms with Crippen molar-refractivity contribution in [2.24, 2.45) is 4.99 Å². The minimum atomic E-state index is -4.47. The zero-order chi connectivity index (χ0) is 23.1. The zero-order valence-corrected chi connectivity index (χ0v) is 17.7. The summed E-state index contributed by atoms with van der Waals surface area (Å²) in [4.78, 5) is 17.1. The number of hydrogen-bond acceptors (Lipinski definition) is 5. The molecule has 2 N–H and O–H groups in total. The van der Waals surface area contributed by atoms with E-state index >= 15 is 0 Å². The predicted octanol–water partition coefficient (Wildman–Crippen LogP) is 4.10. The van der Waals surface area contributed by atoms with Crippen molar-refractivity contribution in [3.63, 3.8) is 0 Å². The van der Waals surface area contributed by atoms with Gasteiger partial charge in [0.05, 0.1) is 32.4 Å². The van der Waals surface area contributed by atoms with Crippen molar-refractivity contribution in [1.82, 2.24) is 5.32 Å². The number of guanidine groups is 1. The number of aliphatic imine (C=N–C) groups is 1. The molecule has 0 aromatic heterocycles. The first-order valence-electron chi connectivity index (χ1n) is 9.94. The Balaban J connectivity index is 1.78. The van der Waals surface area contributed by atoms with Gasteiger partial charge in [-0.3, -0.25) is 10.1 Å². The van der Waals surface area contributed by atoms with Crippen LogP contribution in [0.25, 0.3) is 0 Å². The summed E-state index contributed by atoms with van der Waals surface area (Å²) in [5, 5.41) is 5.63. The smallest absolute Gasteiger partial charge is 0.416 e. The highest BCUT2D eigenvalue weighted by Crippen LogP contribution is 2.30. The van der Waals surface area contributed by atoms with E-state index < -0.39 is 17.6 Å². The molecule has 1 amide bonds. The molecular formula is C22H24F3N3O4. The standard InChI is InChI=1S/C22H24F3N3O4/c1-30-18-10-9-16(12-19(18)31-2)27-21(26-13-17-4-3-11-32-17)28-20(29)14-5-7-15(8-6-14)22(23,24)25/h5-10,12,17H,3-4,11,13H2,1-2H3,(H2,26,27,28,29)/t17-/m1/s1. The fraction of sp³-hybridized carbons (Fsp3) is 0.364. The Hall–Kier alpha value is -3.27. The number of rotatable bonds is 6. The summed E-state index contributed by atoms with van der Waals surface area (Å²) in [7, 11) is 3.02. The zero-order valence-electron chi connectivity index (χ0n) is 17.7. The first-order valence-corrected chi connectivity index (χ1v) is 9.94. The molecule has 1 heterocycles. The van der Waals surface area contributed by atoms with Crippen LogP contribution in [-0.2, 0) is 10.9 Å². The maximum Gasteiger partial charge on any atom is 0.416 e. The Morgan fingerprint density at radius 3 is 2.44 bits per heavy atom. The largest absolute Gasteiger partial charge is 0.493 e. The van der Waals surface area contributed by atoms with Gasteiger partial charge in [-0.05, 0) is 49.2 Å². The number of amides is 1. The number of carbonyl (C=O) groups excluding carboxylic acids is 1. The number of nitrogens with zero attached hydrogens (tertiary/aromatic N) is 1. The molecule has 0 aliphatic carbocycles. The number of ether oxygens (including phenoxy) is 3. The summed E-state index contributed by atoms with van der Waals surface area (Å²) in [6, 6.07) is 9.03. The summed E-state index contributed by atoms with van der Waals surface area (Å²) >= 11 is 0. The first kappa shape index (κ1) is 23.4. The van der Waals surface area contributed by atoms with Gasteiger partial charge in [0.15, 0.2) is 11.5 Å². The molecular weight excluding hydrogens is 427 g/mol. The minimum Gasteiger partial charge on any atom is -0.493 e. The van der Waals surface area contributed by atoms with Crippen LogP contribution in [-0.4, -0.2) is 45.3 Å². The highest BCUT2D eigenvalue weighted by molar-refractivity contribution is 6.10. The molecule has 0 bridgehead atoms. The fourth-order valence-electron chi connectivity index (χ4n) is 3.13. The van der Waals surface area contributed by atoms with Gasteiger partial charge in [-0.25, -0.2) is 4.99 Å². The molecule has 0 saturated carbocycles. The average molecular weight is 451 g/mol. The van der Waals surface area contributed by atoms with E-state index in [4.69, 9.17) is 14.2 Å². The second kappa shape index (κ2) is 10.4. The third-order valence-electron chi connectivity index (χ3n) is 4.83. The molecule has 10 heteroatoms. The molecule has 0 spiro atoms. The number of halogens is 3. The highest BCUT2D eigenvalue weighted by Gasteiger charge is 2.30. The van der Waals surface area contributed by atoms with Crippen LogP contribution in [0.5, 0.6) is 11.5 Å². The lowest BCUT2D eigenvalue weighted by atomic mass is 10.1. The fourth-order valence-corrected chi connectivity index (χ4v) is 3.13. The third-order valence-corrected chi connectivity index (χ3v) is 4.83. The van der Waals surface area contributed by atoms with Gasteiger partial charge >= 0.3 is 6.18 Å². The van der Waals surface area contributed by atoms with Crippen LogP contribution in [0.4, 0.5) is 18.9 Å². The third kappa shape index (κ3) is 6.13. The van der Waals surface area contributed by atoms with Crippen molar-refractivity contribution in [1.29, 1.82) is 0 Å². The van der Waals surface area contributed by atoms with E-state index in [-0.39, 0.29) is 17.6 Å². The van der Waals surface area contributed by atoms with Crippen LogP contribution in [0.3, 0.4) is 0 Å².